The van der Waals surface area contributed by atoms with Gasteiger partial charge in [0.1, 0.15) is 5.01 Å². The third-order valence-electron chi connectivity index (χ3n) is 5.04. The zero-order valence-electron chi connectivity index (χ0n) is 15.8. The standard InChI is InChI=1S/C25H18N2OS/c1-16-10-11-20(25-27-21-8-4-5-9-23(21)29-25)15-22(16)26-24(28)19-13-12-17-6-2-3-7-18(17)14-19/h2-15H,1H3,(H,26,28). The number of amides is 1. The van der Waals surface area contributed by atoms with Crippen molar-refractivity contribution in [3.05, 3.63) is 96.1 Å². The molecule has 0 spiro atoms. The Morgan fingerprint density at radius 1 is 0.862 bits per heavy atom. The largest absolute Gasteiger partial charge is 0.322 e. The molecule has 0 unspecified atom stereocenters. The van der Waals surface area contributed by atoms with Crippen molar-refractivity contribution in [3.63, 3.8) is 0 Å². The number of hydrogen-bond donors (Lipinski definition) is 1. The highest BCUT2D eigenvalue weighted by Gasteiger charge is 2.12. The summed E-state index contributed by atoms with van der Waals surface area (Å²) in [5.74, 6) is -0.111. The first-order valence-corrected chi connectivity index (χ1v) is 10.3. The Balaban J connectivity index is 1.47. The molecule has 1 heterocycles. The lowest BCUT2D eigenvalue weighted by atomic mass is 10.1. The number of aromatic nitrogens is 1. The van der Waals surface area contributed by atoms with E-state index in [1.807, 2.05) is 79.7 Å². The zero-order valence-corrected chi connectivity index (χ0v) is 16.7. The summed E-state index contributed by atoms with van der Waals surface area (Å²) in [7, 11) is 0. The Bertz CT molecular complexity index is 1340. The van der Waals surface area contributed by atoms with Gasteiger partial charge in [-0.1, -0.05) is 54.6 Å². The predicted molar refractivity (Wildman–Crippen MR) is 122 cm³/mol. The number of para-hydroxylation sites is 1. The van der Waals surface area contributed by atoms with Gasteiger partial charge < -0.3 is 5.32 Å². The molecule has 4 heteroatoms. The van der Waals surface area contributed by atoms with Gasteiger partial charge in [0.05, 0.1) is 10.2 Å². The number of benzene rings is 4. The fourth-order valence-corrected chi connectivity index (χ4v) is 4.37. The van der Waals surface area contributed by atoms with Gasteiger partial charge in [-0.2, -0.15) is 0 Å². The molecule has 3 nitrogen and oxygen atoms in total. The summed E-state index contributed by atoms with van der Waals surface area (Å²) in [5, 5.41) is 6.20. The summed E-state index contributed by atoms with van der Waals surface area (Å²) in [5.41, 5.74) is 4.47. The minimum atomic E-state index is -0.111. The normalized spacial score (nSPS) is 11.1. The molecule has 1 aromatic heterocycles. The number of rotatable bonds is 3. The van der Waals surface area contributed by atoms with Gasteiger partial charge in [-0.3, -0.25) is 4.79 Å². The van der Waals surface area contributed by atoms with E-state index < -0.39 is 0 Å². The van der Waals surface area contributed by atoms with E-state index in [9.17, 15) is 4.79 Å². The van der Waals surface area contributed by atoms with Gasteiger partial charge in [-0.15, -0.1) is 11.3 Å². The topological polar surface area (TPSA) is 42.0 Å². The second-order valence-corrected chi connectivity index (χ2v) is 8.06. The highest BCUT2D eigenvalue weighted by atomic mass is 32.1. The minimum absolute atomic E-state index is 0.111. The lowest BCUT2D eigenvalue weighted by Gasteiger charge is -2.10. The maximum absolute atomic E-state index is 12.9. The van der Waals surface area contributed by atoms with Crippen LogP contribution in [-0.2, 0) is 0 Å². The second kappa shape index (κ2) is 7.15. The molecule has 29 heavy (non-hydrogen) atoms. The SMILES string of the molecule is Cc1ccc(-c2nc3ccccc3s2)cc1NC(=O)c1ccc2ccccc2c1. The van der Waals surface area contributed by atoms with E-state index >= 15 is 0 Å². The predicted octanol–water partition coefficient (Wildman–Crippen LogP) is 6.68. The summed E-state index contributed by atoms with van der Waals surface area (Å²) in [6, 6.07) is 28.0. The van der Waals surface area contributed by atoms with Crippen LogP contribution in [0.25, 0.3) is 31.6 Å². The van der Waals surface area contributed by atoms with Crippen LogP contribution in [0.3, 0.4) is 0 Å². The van der Waals surface area contributed by atoms with Gasteiger partial charge in [0, 0.05) is 16.8 Å². The molecule has 0 fully saturated rings. The average molecular weight is 394 g/mol. The Hall–Kier alpha value is -3.50. The lowest BCUT2D eigenvalue weighted by molar-refractivity contribution is 0.102. The first kappa shape index (κ1) is 17.6. The van der Waals surface area contributed by atoms with Crippen LogP contribution >= 0.6 is 11.3 Å². The second-order valence-electron chi connectivity index (χ2n) is 7.03. The van der Waals surface area contributed by atoms with Crippen LogP contribution in [0.1, 0.15) is 15.9 Å². The van der Waals surface area contributed by atoms with Crippen LogP contribution in [0.15, 0.2) is 84.9 Å². The van der Waals surface area contributed by atoms with Gasteiger partial charge in [-0.05, 0) is 53.6 Å². The zero-order chi connectivity index (χ0) is 19.8. The number of nitrogens with one attached hydrogen (secondary N) is 1. The fraction of sp³-hybridized carbons (Fsp3) is 0.0400. The Labute approximate surface area is 172 Å². The number of aryl methyl sites for hydroxylation is 1. The number of carbonyl (C=O) groups is 1. The van der Waals surface area contributed by atoms with E-state index in [0.29, 0.717) is 5.56 Å². The lowest BCUT2D eigenvalue weighted by Crippen LogP contribution is -2.12. The van der Waals surface area contributed by atoms with Gasteiger partial charge in [-0.25, -0.2) is 4.98 Å². The maximum Gasteiger partial charge on any atom is 0.255 e. The fourth-order valence-electron chi connectivity index (χ4n) is 3.41. The molecule has 4 aromatic carbocycles. The third-order valence-corrected chi connectivity index (χ3v) is 6.12. The Morgan fingerprint density at radius 3 is 2.52 bits per heavy atom. The number of hydrogen-bond acceptors (Lipinski definition) is 3. The van der Waals surface area contributed by atoms with Crippen molar-refractivity contribution >= 4 is 43.9 Å². The molecule has 0 aliphatic rings. The quantitative estimate of drug-likeness (QED) is 0.371. The smallest absolute Gasteiger partial charge is 0.255 e. The molecule has 0 aliphatic heterocycles. The van der Waals surface area contributed by atoms with E-state index in [2.05, 4.69) is 17.4 Å². The van der Waals surface area contributed by atoms with E-state index in [-0.39, 0.29) is 5.91 Å². The molecule has 0 atom stereocenters. The van der Waals surface area contributed by atoms with Gasteiger partial charge >= 0.3 is 0 Å². The van der Waals surface area contributed by atoms with Crippen molar-refractivity contribution in [2.75, 3.05) is 5.32 Å². The summed E-state index contributed by atoms with van der Waals surface area (Å²) < 4.78 is 1.16. The van der Waals surface area contributed by atoms with E-state index in [1.165, 1.54) is 0 Å². The van der Waals surface area contributed by atoms with Crippen molar-refractivity contribution < 1.29 is 4.79 Å². The van der Waals surface area contributed by atoms with Crippen molar-refractivity contribution in [3.8, 4) is 10.6 Å². The van der Waals surface area contributed by atoms with Crippen LogP contribution in [-0.4, -0.2) is 10.9 Å². The van der Waals surface area contributed by atoms with E-state index in [0.717, 1.165) is 42.8 Å². The minimum Gasteiger partial charge on any atom is -0.322 e. The third kappa shape index (κ3) is 3.39. The van der Waals surface area contributed by atoms with Crippen LogP contribution in [0, 0.1) is 6.92 Å². The van der Waals surface area contributed by atoms with Crippen LogP contribution in [0.5, 0.6) is 0 Å². The van der Waals surface area contributed by atoms with Gasteiger partial charge in [0.2, 0.25) is 0 Å². The molecule has 5 aromatic rings. The van der Waals surface area contributed by atoms with Crippen molar-refractivity contribution in [1.29, 1.82) is 0 Å². The molecule has 0 saturated carbocycles. The molecule has 0 bridgehead atoms. The number of anilines is 1. The molecule has 140 valence electrons. The molecule has 1 amide bonds. The summed E-state index contributed by atoms with van der Waals surface area (Å²) in [6.07, 6.45) is 0. The molecule has 5 rings (SSSR count). The first-order chi connectivity index (χ1) is 14.2. The monoisotopic (exact) mass is 394 g/mol. The molecule has 1 N–H and O–H groups in total. The van der Waals surface area contributed by atoms with Gasteiger partial charge in [0.25, 0.3) is 5.91 Å². The summed E-state index contributed by atoms with van der Waals surface area (Å²) in [6.45, 7) is 2.00. The van der Waals surface area contributed by atoms with Crippen LogP contribution in [0.2, 0.25) is 0 Å². The molecule has 0 saturated heterocycles. The van der Waals surface area contributed by atoms with E-state index in [1.54, 1.807) is 11.3 Å². The highest BCUT2D eigenvalue weighted by molar-refractivity contribution is 7.21. The highest BCUT2D eigenvalue weighted by Crippen LogP contribution is 2.32. The number of nitrogens with zero attached hydrogens (tertiary/aromatic N) is 1. The van der Waals surface area contributed by atoms with Crippen LogP contribution in [0.4, 0.5) is 5.69 Å². The van der Waals surface area contributed by atoms with Gasteiger partial charge in [0.15, 0.2) is 0 Å². The first-order valence-electron chi connectivity index (χ1n) is 9.44. The number of fused-ring (bicyclic) bond motifs is 2. The number of carbonyl (C=O) groups excluding carboxylic acids is 1. The Morgan fingerprint density at radius 2 is 1.66 bits per heavy atom. The van der Waals surface area contributed by atoms with Crippen LogP contribution < -0.4 is 5.32 Å². The summed E-state index contributed by atoms with van der Waals surface area (Å²) >= 11 is 1.66. The van der Waals surface area contributed by atoms with Crippen molar-refractivity contribution in [2.45, 2.75) is 6.92 Å². The molecule has 0 aliphatic carbocycles. The number of thiazole rings is 1. The maximum atomic E-state index is 12.9. The van der Waals surface area contributed by atoms with Crippen molar-refractivity contribution in [1.82, 2.24) is 4.98 Å². The van der Waals surface area contributed by atoms with E-state index in [4.69, 9.17) is 4.98 Å². The molecular weight excluding hydrogens is 376 g/mol. The average Bonchev–Trinajstić information content (AvgIpc) is 3.19. The molecule has 0 radical (unpaired) electrons. The Kier molecular flexibility index (Phi) is 4.34. The summed E-state index contributed by atoms with van der Waals surface area (Å²) in [4.78, 5) is 17.6. The molecular formula is C25H18N2OS. The van der Waals surface area contributed by atoms with Crippen molar-refractivity contribution in [2.24, 2.45) is 0 Å².